The van der Waals surface area contributed by atoms with Gasteiger partial charge >= 0.3 is 0 Å². The zero-order valence-corrected chi connectivity index (χ0v) is 18.5. The summed E-state index contributed by atoms with van der Waals surface area (Å²) in [7, 11) is 2.18. The average Bonchev–Trinajstić information content (AvgIpc) is 2.59. The van der Waals surface area contributed by atoms with Gasteiger partial charge in [-0.25, -0.2) is 0 Å². The number of nitrogens with one attached hydrogen (secondary N) is 1. The lowest BCUT2D eigenvalue weighted by Crippen LogP contribution is -2.30. The molecule has 0 radical (unpaired) electrons. The van der Waals surface area contributed by atoms with E-state index in [-0.39, 0.29) is 24.0 Å². The van der Waals surface area contributed by atoms with Gasteiger partial charge in [0.15, 0.2) is 5.96 Å². The first-order chi connectivity index (χ1) is 12.1. The molecule has 2 rings (SSSR count). The van der Waals surface area contributed by atoms with Crippen molar-refractivity contribution >= 4 is 35.6 Å². The van der Waals surface area contributed by atoms with Crippen molar-refractivity contribution in [2.45, 2.75) is 33.1 Å². The van der Waals surface area contributed by atoms with Crippen molar-refractivity contribution in [3.63, 3.8) is 0 Å². The molecule has 0 aliphatic carbocycles. The maximum absolute atomic E-state index is 6.07. The number of nitrogens with two attached hydrogens (primary N) is 1. The molecule has 1 fully saturated rings. The van der Waals surface area contributed by atoms with Crippen molar-refractivity contribution in [2.24, 2.45) is 16.6 Å². The Bertz CT molecular complexity index is 560. The molecule has 1 aliphatic heterocycles. The third-order valence-electron chi connectivity index (χ3n) is 4.48. The van der Waals surface area contributed by atoms with Gasteiger partial charge in [-0.3, -0.25) is 4.99 Å². The van der Waals surface area contributed by atoms with Crippen LogP contribution < -0.4 is 20.5 Å². The molecule has 1 aromatic carbocycles. The summed E-state index contributed by atoms with van der Waals surface area (Å²) in [4.78, 5) is 6.87. The molecule has 1 saturated heterocycles. The van der Waals surface area contributed by atoms with Crippen LogP contribution in [-0.4, -0.2) is 50.8 Å². The Morgan fingerprint density at radius 2 is 1.92 bits per heavy atom. The Hall–Kier alpha value is -1.22. The lowest BCUT2D eigenvalue weighted by atomic mass is 9.94. The summed E-state index contributed by atoms with van der Waals surface area (Å²) in [6.07, 6.45) is 3.60. The lowest BCUT2D eigenvalue weighted by molar-refractivity contribution is 0.214. The van der Waals surface area contributed by atoms with E-state index in [1.807, 2.05) is 32.0 Å². The normalized spacial score (nSPS) is 16.0. The number of anilines is 1. The predicted molar refractivity (Wildman–Crippen MR) is 119 cm³/mol. The average molecular weight is 476 g/mol. The van der Waals surface area contributed by atoms with Crippen LogP contribution in [0.5, 0.6) is 11.5 Å². The van der Waals surface area contributed by atoms with E-state index in [2.05, 4.69) is 22.3 Å². The molecule has 6 nitrogen and oxygen atoms in total. The predicted octanol–water partition coefficient (Wildman–Crippen LogP) is 3.56. The van der Waals surface area contributed by atoms with E-state index in [1.165, 1.54) is 25.9 Å². The third-order valence-corrected chi connectivity index (χ3v) is 4.48. The summed E-state index contributed by atoms with van der Waals surface area (Å²) in [5.74, 6) is 2.71. The van der Waals surface area contributed by atoms with Gasteiger partial charge in [-0.15, -0.1) is 24.0 Å². The molecule has 0 aromatic heterocycles. The summed E-state index contributed by atoms with van der Waals surface area (Å²) < 4.78 is 11.2. The van der Waals surface area contributed by atoms with E-state index in [9.17, 15) is 0 Å². The number of ether oxygens (including phenoxy) is 2. The van der Waals surface area contributed by atoms with E-state index in [4.69, 9.17) is 15.2 Å². The van der Waals surface area contributed by atoms with Crippen LogP contribution in [0.3, 0.4) is 0 Å². The maximum Gasteiger partial charge on any atom is 0.193 e. The third kappa shape index (κ3) is 7.57. The maximum atomic E-state index is 6.07. The van der Waals surface area contributed by atoms with Crippen molar-refractivity contribution in [1.82, 2.24) is 4.90 Å². The highest BCUT2D eigenvalue weighted by Crippen LogP contribution is 2.29. The largest absolute Gasteiger partial charge is 0.494 e. The smallest absolute Gasteiger partial charge is 0.193 e. The topological polar surface area (TPSA) is 72.1 Å². The monoisotopic (exact) mass is 476 g/mol. The zero-order valence-electron chi connectivity index (χ0n) is 16.2. The number of guanidine groups is 1. The number of aliphatic imine (C=N–C) groups is 1. The minimum Gasteiger partial charge on any atom is -0.494 e. The fraction of sp³-hybridized carbons (Fsp3) is 0.632. The van der Waals surface area contributed by atoms with E-state index < -0.39 is 0 Å². The molecule has 1 heterocycles. The summed E-state index contributed by atoms with van der Waals surface area (Å²) >= 11 is 0. The SMILES string of the molecule is CCOc1ccc(OCC)c(NC(N)=NCCC2CCN(C)CC2)c1.I. The van der Waals surface area contributed by atoms with Gasteiger partial charge < -0.3 is 25.4 Å². The van der Waals surface area contributed by atoms with Crippen molar-refractivity contribution < 1.29 is 9.47 Å². The van der Waals surface area contributed by atoms with Gasteiger partial charge in [0, 0.05) is 12.6 Å². The fourth-order valence-corrected chi connectivity index (χ4v) is 3.04. The molecule has 1 aromatic rings. The van der Waals surface area contributed by atoms with Crippen LogP contribution in [0.2, 0.25) is 0 Å². The van der Waals surface area contributed by atoms with Gasteiger partial charge in [0.2, 0.25) is 0 Å². The molecule has 0 bridgehead atoms. The first-order valence-corrected chi connectivity index (χ1v) is 9.27. The van der Waals surface area contributed by atoms with Crippen molar-refractivity contribution in [2.75, 3.05) is 45.2 Å². The molecule has 148 valence electrons. The number of rotatable bonds is 8. The highest BCUT2D eigenvalue weighted by molar-refractivity contribution is 14.0. The molecule has 3 N–H and O–H groups in total. The first-order valence-electron chi connectivity index (χ1n) is 9.27. The second-order valence-electron chi connectivity index (χ2n) is 6.45. The Labute approximate surface area is 174 Å². The van der Waals surface area contributed by atoms with Crippen LogP contribution >= 0.6 is 24.0 Å². The van der Waals surface area contributed by atoms with E-state index >= 15 is 0 Å². The molecule has 0 atom stereocenters. The molecule has 7 heteroatoms. The van der Waals surface area contributed by atoms with E-state index in [1.54, 1.807) is 0 Å². The van der Waals surface area contributed by atoms with Crippen molar-refractivity contribution in [1.29, 1.82) is 0 Å². The van der Waals surface area contributed by atoms with Gasteiger partial charge in [0.05, 0.1) is 18.9 Å². The molecule has 26 heavy (non-hydrogen) atoms. The summed E-state index contributed by atoms with van der Waals surface area (Å²) in [5, 5.41) is 3.15. The molecule has 1 aliphatic rings. The number of likely N-dealkylation sites (tertiary alicyclic amines) is 1. The summed E-state index contributed by atoms with van der Waals surface area (Å²) in [6.45, 7) is 8.25. The van der Waals surface area contributed by atoms with Crippen LogP contribution in [-0.2, 0) is 0 Å². The molecule has 0 spiro atoms. The fourth-order valence-electron chi connectivity index (χ4n) is 3.04. The number of benzene rings is 1. The molecule has 0 unspecified atom stereocenters. The van der Waals surface area contributed by atoms with Gasteiger partial charge in [-0.05, 0) is 71.3 Å². The Morgan fingerprint density at radius 1 is 1.23 bits per heavy atom. The minimum absolute atomic E-state index is 0. The first kappa shape index (κ1) is 22.8. The highest BCUT2D eigenvalue weighted by Gasteiger charge is 2.16. The van der Waals surface area contributed by atoms with Crippen molar-refractivity contribution in [3.05, 3.63) is 18.2 Å². The Kier molecular flexibility index (Phi) is 10.7. The van der Waals surface area contributed by atoms with Crippen molar-refractivity contribution in [3.8, 4) is 11.5 Å². The highest BCUT2D eigenvalue weighted by atomic mass is 127. The van der Waals surface area contributed by atoms with Gasteiger partial charge in [0.1, 0.15) is 11.5 Å². The Morgan fingerprint density at radius 3 is 2.58 bits per heavy atom. The van der Waals surface area contributed by atoms with Crippen LogP contribution in [0, 0.1) is 5.92 Å². The number of piperidine rings is 1. The van der Waals surface area contributed by atoms with Gasteiger partial charge in [-0.2, -0.15) is 0 Å². The summed E-state index contributed by atoms with van der Waals surface area (Å²) in [5.41, 5.74) is 6.85. The van der Waals surface area contributed by atoms with Crippen LogP contribution in [0.4, 0.5) is 5.69 Å². The van der Waals surface area contributed by atoms with E-state index in [0.29, 0.717) is 19.2 Å². The standard InChI is InChI=1S/C19H32N4O2.HI/c1-4-24-16-6-7-18(25-5-2)17(14-16)22-19(20)21-11-8-15-9-12-23(3)13-10-15;/h6-7,14-15H,4-5,8-13H2,1-3H3,(H3,20,21,22);1H. The zero-order chi connectivity index (χ0) is 18.1. The number of hydrogen-bond acceptors (Lipinski definition) is 4. The lowest BCUT2D eigenvalue weighted by Gasteiger charge is -2.28. The van der Waals surface area contributed by atoms with Gasteiger partial charge in [-0.1, -0.05) is 0 Å². The quantitative estimate of drug-likeness (QED) is 0.341. The molecule has 0 amide bonds. The molecular weight excluding hydrogens is 443 g/mol. The Balaban J connectivity index is 0.00000338. The second-order valence-corrected chi connectivity index (χ2v) is 6.45. The van der Waals surface area contributed by atoms with E-state index in [0.717, 1.165) is 36.1 Å². The summed E-state index contributed by atoms with van der Waals surface area (Å²) in [6, 6.07) is 5.68. The second kappa shape index (κ2) is 12.2. The number of nitrogens with zero attached hydrogens (tertiary/aromatic N) is 2. The van der Waals surface area contributed by atoms with Crippen LogP contribution in [0.15, 0.2) is 23.2 Å². The minimum atomic E-state index is 0. The molecular formula is C19H33IN4O2. The number of halogens is 1. The number of hydrogen-bond donors (Lipinski definition) is 2. The van der Waals surface area contributed by atoms with Crippen LogP contribution in [0.25, 0.3) is 0 Å². The van der Waals surface area contributed by atoms with Gasteiger partial charge in [0.25, 0.3) is 0 Å². The molecule has 0 saturated carbocycles. The van der Waals surface area contributed by atoms with Crippen LogP contribution in [0.1, 0.15) is 33.1 Å².